The largest absolute Gasteiger partial charge is 0.389 e. The number of aliphatic hydroxyl groups is 1. The van der Waals surface area contributed by atoms with Crippen LogP contribution in [0.1, 0.15) is 35.7 Å². The molecule has 4 heteroatoms. The Morgan fingerprint density at radius 1 is 1.47 bits per heavy atom. The van der Waals surface area contributed by atoms with Gasteiger partial charge in [0, 0.05) is 12.1 Å². The van der Waals surface area contributed by atoms with E-state index in [0.717, 1.165) is 19.4 Å². The van der Waals surface area contributed by atoms with Crippen LogP contribution in [-0.4, -0.2) is 41.0 Å². The van der Waals surface area contributed by atoms with Crippen molar-refractivity contribution < 1.29 is 9.90 Å². The molecule has 1 heterocycles. The van der Waals surface area contributed by atoms with Gasteiger partial charge in [-0.05, 0) is 38.4 Å². The second-order valence-electron chi connectivity index (χ2n) is 5.42. The zero-order valence-electron chi connectivity index (χ0n) is 11.1. The van der Waals surface area contributed by atoms with Crippen LogP contribution in [-0.2, 0) is 0 Å². The number of likely N-dealkylation sites (tertiary alicyclic amines) is 1. The molecule has 1 unspecified atom stereocenters. The topological polar surface area (TPSA) is 64.3 Å². The van der Waals surface area contributed by atoms with Crippen molar-refractivity contribution in [3.63, 3.8) is 0 Å². The van der Waals surface area contributed by atoms with Gasteiger partial charge in [-0.1, -0.05) is 12.1 Å². The predicted octanol–water partition coefficient (Wildman–Crippen LogP) is 1.59. The van der Waals surface area contributed by atoms with E-state index in [-0.39, 0.29) is 5.78 Å². The Morgan fingerprint density at radius 3 is 2.74 bits per heavy atom. The molecule has 4 nitrogen and oxygen atoms in total. The Balaban J connectivity index is 1.98. The van der Waals surface area contributed by atoms with E-state index in [1.807, 2.05) is 17.9 Å². The minimum Gasteiger partial charge on any atom is -0.389 e. The number of hydrogen-bond donors (Lipinski definition) is 1. The van der Waals surface area contributed by atoms with Gasteiger partial charge in [0.1, 0.15) is 0 Å². The number of piperidine rings is 1. The Morgan fingerprint density at radius 2 is 2.16 bits per heavy atom. The van der Waals surface area contributed by atoms with E-state index in [9.17, 15) is 9.90 Å². The molecule has 1 aromatic carbocycles. The van der Waals surface area contributed by atoms with Crippen LogP contribution < -0.4 is 0 Å². The fourth-order valence-corrected chi connectivity index (χ4v) is 2.48. The lowest BCUT2D eigenvalue weighted by Gasteiger charge is -2.36. The van der Waals surface area contributed by atoms with E-state index < -0.39 is 5.60 Å². The highest BCUT2D eigenvalue weighted by Crippen LogP contribution is 2.20. The highest BCUT2D eigenvalue weighted by Gasteiger charge is 2.29. The maximum atomic E-state index is 12.1. The molecule has 1 aliphatic heterocycles. The van der Waals surface area contributed by atoms with E-state index in [1.165, 1.54) is 0 Å². The van der Waals surface area contributed by atoms with Crippen LogP contribution in [0.2, 0.25) is 0 Å². The minimum absolute atomic E-state index is 0.0298. The molecule has 1 saturated heterocycles. The van der Waals surface area contributed by atoms with Gasteiger partial charge in [-0.15, -0.1) is 0 Å². The van der Waals surface area contributed by atoms with Crippen LogP contribution in [0, 0.1) is 11.3 Å². The van der Waals surface area contributed by atoms with Crippen LogP contribution in [0.3, 0.4) is 0 Å². The number of nitrogens with zero attached hydrogens (tertiary/aromatic N) is 2. The van der Waals surface area contributed by atoms with Crippen molar-refractivity contribution in [2.45, 2.75) is 25.4 Å². The smallest absolute Gasteiger partial charge is 0.176 e. The second-order valence-corrected chi connectivity index (χ2v) is 5.42. The minimum atomic E-state index is -0.691. The van der Waals surface area contributed by atoms with Crippen LogP contribution in [0.25, 0.3) is 0 Å². The number of ketones is 1. The monoisotopic (exact) mass is 258 g/mol. The van der Waals surface area contributed by atoms with Crippen LogP contribution in [0.15, 0.2) is 24.3 Å². The van der Waals surface area contributed by atoms with E-state index in [2.05, 4.69) is 0 Å². The molecule has 0 spiro atoms. The first-order chi connectivity index (χ1) is 9.00. The molecule has 0 amide bonds. The highest BCUT2D eigenvalue weighted by atomic mass is 16.3. The average molecular weight is 258 g/mol. The van der Waals surface area contributed by atoms with Crippen molar-refractivity contribution in [1.82, 2.24) is 4.90 Å². The number of Topliss-reactive ketones (excluding diaryl/α,β-unsaturated/α-hetero) is 1. The SMILES string of the molecule is CC1(O)CCCN(CC(=O)c2ccc(C#N)cc2)C1. The molecule has 100 valence electrons. The summed E-state index contributed by atoms with van der Waals surface area (Å²) >= 11 is 0. The van der Waals surface area contributed by atoms with Crippen LogP contribution >= 0.6 is 0 Å². The normalized spacial score (nSPS) is 23.8. The molecule has 1 atom stereocenters. The van der Waals surface area contributed by atoms with Crippen molar-refractivity contribution in [3.8, 4) is 6.07 Å². The van der Waals surface area contributed by atoms with E-state index in [4.69, 9.17) is 5.26 Å². The van der Waals surface area contributed by atoms with E-state index in [0.29, 0.717) is 24.2 Å². The van der Waals surface area contributed by atoms with Crippen molar-refractivity contribution in [2.24, 2.45) is 0 Å². The number of nitriles is 1. The summed E-state index contributed by atoms with van der Waals surface area (Å²) in [4.78, 5) is 14.1. The maximum absolute atomic E-state index is 12.1. The molecule has 2 rings (SSSR count). The number of β-amino-alcohol motifs (C(OH)–C–C–N with tert-alkyl or cyclic N) is 1. The Bertz CT molecular complexity index is 500. The first-order valence-corrected chi connectivity index (χ1v) is 6.48. The summed E-state index contributed by atoms with van der Waals surface area (Å²) in [5, 5.41) is 18.7. The molecule has 1 aromatic rings. The van der Waals surface area contributed by atoms with Gasteiger partial charge in [0.05, 0.1) is 23.8 Å². The number of carbonyl (C=O) groups is 1. The van der Waals surface area contributed by atoms with Crippen molar-refractivity contribution in [3.05, 3.63) is 35.4 Å². The van der Waals surface area contributed by atoms with Crippen LogP contribution in [0.5, 0.6) is 0 Å². The zero-order valence-corrected chi connectivity index (χ0v) is 11.1. The van der Waals surface area contributed by atoms with Gasteiger partial charge in [-0.2, -0.15) is 5.26 Å². The summed E-state index contributed by atoms with van der Waals surface area (Å²) in [5.74, 6) is 0.0298. The Kier molecular flexibility index (Phi) is 3.98. The summed E-state index contributed by atoms with van der Waals surface area (Å²) in [5.41, 5.74) is 0.477. The third-order valence-electron chi connectivity index (χ3n) is 3.46. The number of carbonyl (C=O) groups excluding carboxylic acids is 1. The second kappa shape index (κ2) is 5.52. The molecule has 19 heavy (non-hydrogen) atoms. The predicted molar refractivity (Wildman–Crippen MR) is 71.8 cm³/mol. The lowest BCUT2D eigenvalue weighted by atomic mass is 9.95. The van der Waals surface area contributed by atoms with Gasteiger partial charge < -0.3 is 5.11 Å². The lowest BCUT2D eigenvalue weighted by molar-refractivity contribution is -0.0132. The first-order valence-electron chi connectivity index (χ1n) is 6.48. The third kappa shape index (κ3) is 3.63. The van der Waals surface area contributed by atoms with Crippen LogP contribution in [0.4, 0.5) is 0 Å². The van der Waals surface area contributed by atoms with E-state index >= 15 is 0 Å². The van der Waals surface area contributed by atoms with E-state index in [1.54, 1.807) is 24.3 Å². The van der Waals surface area contributed by atoms with Gasteiger partial charge in [-0.25, -0.2) is 0 Å². The molecular weight excluding hydrogens is 240 g/mol. The number of rotatable bonds is 3. The standard InChI is InChI=1S/C15H18N2O2/c1-15(19)7-2-8-17(11-15)10-14(18)13-5-3-12(9-16)4-6-13/h3-6,19H,2,7-8,10-11H2,1H3. The molecule has 0 aliphatic carbocycles. The molecule has 0 bridgehead atoms. The van der Waals surface area contributed by atoms with Crippen molar-refractivity contribution in [2.75, 3.05) is 19.6 Å². The fraction of sp³-hybridized carbons (Fsp3) is 0.467. The summed E-state index contributed by atoms with van der Waals surface area (Å²) < 4.78 is 0. The first kappa shape index (κ1) is 13.7. The molecule has 0 saturated carbocycles. The van der Waals surface area contributed by atoms with Gasteiger partial charge >= 0.3 is 0 Å². The summed E-state index contributed by atoms with van der Waals surface area (Å²) in [7, 11) is 0. The number of hydrogen-bond acceptors (Lipinski definition) is 4. The maximum Gasteiger partial charge on any atom is 0.176 e. The molecule has 1 aliphatic rings. The third-order valence-corrected chi connectivity index (χ3v) is 3.46. The zero-order chi connectivity index (χ0) is 13.9. The quantitative estimate of drug-likeness (QED) is 0.836. The molecule has 0 radical (unpaired) electrons. The summed E-state index contributed by atoms with van der Waals surface area (Å²) in [6.07, 6.45) is 1.70. The average Bonchev–Trinajstić information content (AvgIpc) is 2.37. The molecule has 0 aromatic heterocycles. The Labute approximate surface area is 113 Å². The Hall–Kier alpha value is -1.70. The summed E-state index contributed by atoms with van der Waals surface area (Å²) in [6.45, 7) is 3.51. The molecule has 1 fully saturated rings. The van der Waals surface area contributed by atoms with Gasteiger partial charge in [0.15, 0.2) is 5.78 Å². The van der Waals surface area contributed by atoms with Gasteiger partial charge in [0.25, 0.3) is 0 Å². The summed E-state index contributed by atoms with van der Waals surface area (Å²) in [6, 6.07) is 8.70. The number of benzene rings is 1. The van der Waals surface area contributed by atoms with Crippen molar-refractivity contribution in [1.29, 1.82) is 5.26 Å². The van der Waals surface area contributed by atoms with Gasteiger partial charge in [0.2, 0.25) is 0 Å². The lowest BCUT2D eigenvalue weighted by Crippen LogP contribution is -2.47. The molecular formula is C15H18N2O2. The highest BCUT2D eigenvalue weighted by molar-refractivity contribution is 5.97. The fourth-order valence-electron chi connectivity index (χ4n) is 2.48. The van der Waals surface area contributed by atoms with Crippen molar-refractivity contribution >= 4 is 5.78 Å². The van der Waals surface area contributed by atoms with Gasteiger partial charge in [-0.3, -0.25) is 9.69 Å². The molecule has 1 N–H and O–H groups in total.